The molecule has 0 heterocycles. The zero-order valence-corrected chi connectivity index (χ0v) is 27.1. The largest absolute Gasteiger partial charge is 0.508 e. The Bertz CT molecular complexity index is 1180. The number of amides is 4. The van der Waals surface area contributed by atoms with Crippen LogP contribution in [-0.2, 0) is 35.2 Å². The van der Waals surface area contributed by atoms with Crippen molar-refractivity contribution in [3.63, 3.8) is 0 Å². The van der Waals surface area contributed by atoms with E-state index in [1.54, 1.807) is 13.8 Å². The second-order valence-electron chi connectivity index (χ2n) is 11.7. The van der Waals surface area contributed by atoms with Crippen molar-refractivity contribution in [3.8, 4) is 5.75 Å². The number of aromatic hydroxyl groups is 1. The fraction of sp³-hybridized carbons (Fsp3) is 0.613. The number of hydrogen-bond acceptors (Lipinski definition) is 10. The number of carboxylic acid groups (broad SMARTS) is 2. The molecule has 0 spiro atoms. The van der Waals surface area contributed by atoms with Gasteiger partial charge in [-0.2, -0.15) is 0 Å². The molecular formula is C31H51N7O9. The third-order valence-electron chi connectivity index (χ3n) is 7.40. The van der Waals surface area contributed by atoms with E-state index in [9.17, 15) is 44.1 Å². The quantitative estimate of drug-likeness (QED) is 0.0634. The molecule has 0 saturated carbocycles. The normalized spacial score (nSPS) is 14.3. The molecular weight excluding hydrogens is 614 g/mol. The molecule has 264 valence electrons. The molecule has 16 nitrogen and oxygen atoms in total. The second-order valence-corrected chi connectivity index (χ2v) is 11.7. The van der Waals surface area contributed by atoms with Crippen molar-refractivity contribution in [2.45, 2.75) is 102 Å². The van der Waals surface area contributed by atoms with Gasteiger partial charge in [0.15, 0.2) is 0 Å². The zero-order valence-electron chi connectivity index (χ0n) is 27.1. The number of unbranched alkanes of at least 4 members (excludes halogenated alkanes) is 2. The third kappa shape index (κ3) is 15.7. The molecule has 1 aromatic rings. The van der Waals surface area contributed by atoms with E-state index in [1.807, 2.05) is 0 Å². The predicted octanol–water partition coefficient (Wildman–Crippen LogP) is -0.935. The topological polar surface area (TPSA) is 289 Å². The van der Waals surface area contributed by atoms with E-state index >= 15 is 0 Å². The van der Waals surface area contributed by atoms with Crippen molar-refractivity contribution in [2.24, 2.45) is 23.1 Å². The van der Waals surface area contributed by atoms with Crippen LogP contribution in [0.5, 0.6) is 5.75 Å². The molecule has 0 aliphatic heterocycles. The minimum absolute atomic E-state index is 0.0112. The van der Waals surface area contributed by atoms with Crippen LogP contribution < -0.4 is 38.5 Å². The van der Waals surface area contributed by atoms with E-state index in [0.717, 1.165) is 0 Å². The van der Waals surface area contributed by atoms with E-state index < -0.39 is 78.1 Å². The summed E-state index contributed by atoms with van der Waals surface area (Å²) in [6, 6.07) is -0.247. The first-order valence-electron chi connectivity index (χ1n) is 15.8. The molecule has 0 aliphatic rings. The average Bonchev–Trinajstić information content (AvgIpc) is 3.01. The molecule has 0 unspecified atom stereocenters. The number of phenolic OH excluding ortho intramolecular Hbond substituents is 1. The summed E-state index contributed by atoms with van der Waals surface area (Å²) in [5.74, 6) is -6.11. The summed E-state index contributed by atoms with van der Waals surface area (Å²) in [5.41, 5.74) is 17.6. The fourth-order valence-corrected chi connectivity index (χ4v) is 4.61. The minimum Gasteiger partial charge on any atom is -0.508 e. The lowest BCUT2D eigenvalue weighted by atomic mass is 10.00. The van der Waals surface area contributed by atoms with Crippen LogP contribution in [-0.4, -0.2) is 94.2 Å². The van der Waals surface area contributed by atoms with Gasteiger partial charge < -0.3 is 53.8 Å². The van der Waals surface area contributed by atoms with Crippen LogP contribution in [0.2, 0.25) is 0 Å². The van der Waals surface area contributed by atoms with Crippen LogP contribution in [0.15, 0.2) is 24.3 Å². The molecule has 1 aromatic carbocycles. The Hall–Kier alpha value is -4.28. The minimum atomic E-state index is -1.41. The Kier molecular flexibility index (Phi) is 18.6. The van der Waals surface area contributed by atoms with Crippen molar-refractivity contribution in [1.29, 1.82) is 0 Å². The number of aliphatic carboxylic acids is 2. The first-order valence-corrected chi connectivity index (χ1v) is 15.8. The summed E-state index contributed by atoms with van der Waals surface area (Å²) in [7, 11) is 0. The maximum absolute atomic E-state index is 13.4. The van der Waals surface area contributed by atoms with Crippen LogP contribution in [0.1, 0.15) is 70.8 Å². The standard InChI is InChI=1S/C31H51N7O9/c1-18(2)26(30(45)37-24(31(46)47)17-19-9-11-20(39)12-10-19)38-29(44)23(13-14-25(40)41)36-28(43)22(8-4-6-16-33)35-27(42)21(34)7-3-5-15-32/h9-12,18,21-24,26,39H,3-8,13-17,32-34H2,1-2H3,(H,35,42)(H,36,43)(H,37,45)(H,38,44)(H,40,41)(H,46,47)/t21-,22-,23-,24-,26-/m0/s1. The molecule has 47 heavy (non-hydrogen) atoms. The van der Waals surface area contributed by atoms with E-state index in [4.69, 9.17) is 17.2 Å². The summed E-state index contributed by atoms with van der Waals surface area (Å²) in [6.07, 6.45) is 1.89. The predicted molar refractivity (Wildman–Crippen MR) is 173 cm³/mol. The average molecular weight is 666 g/mol. The van der Waals surface area contributed by atoms with E-state index in [2.05, 4.69) is 21.3 Å². The zero-order chi connectivity index (χ0) is 35.5. The summed E-state index contributed by atoms with van der Waals surface area (Å²) in [4.78, 5) is 76.1. The smallest absolute Gasteiger partial charge is 0.326 e. The van der Waals surface area contributed by atoms with Gasteiger partial charge in [0.1, 0.15) is 29.9 Å². The van der Waals surface area contributed by atoms with Gasteiger partial charge in [-0.25, -0.2) is 4.79 Å². The number of nitrogens with two attached hydrogens (primary N) is 3. The summed E-state index contributed by atoms with van der Waals surface area (Å²) in [5, 5.41) is 38.6. The lowest BCUT2D eigenvalue weighted by Crippen LogP contribution is -2.59. The molecule has 0 aliphatic carbocycles. The molecule has 4 amide bonds. The number of carboxylic acids is 2. The number of hydrogen-bond donors (Lipinski definition) is 10. The lowest BCUT2D eigenvalue weighted by Gasteiger charge is -2.28. The van der Waals surface area contributed by atoms with Crippen LogP contribution in [0.3, 0.4) is 0 Å². The Balaban J connectivity index is 3.12. The molecule has 0 saturated heterocycles. The van der Waals surface area contributed by atoms with Gasteiger partial charge in [0, 0.05) is 12.8 Å². The van der Waals surface area contributed by atoms with Gasteiger partial charge in [-0.1, -0.05) is 32.4 Å². The third-order valence-corrected chi connectivity index (χ3v) is 7.40. The maximum atomic E-state index is 13.4. The first-order chi connectivity index (χ1) is 22.2. The number of nitrogens with one attached hydrogen (secondary N) is 4. The molecule has 0 fully saturated rings. The van der Waals surface area contributed by atoms with Gasteiger partial charge in [0.25, 0.3) is 0 Å². The Morgan fingerprint density at radius 2 is 1.19 bits per heavy atom. The van der Waals surface area contributed by atoms with E-state index in [0.29, 0.717) is 50.8 Å². The molecule has 16 heteroatoms. The van der Waals surface area contributed by atoms with Crippen LogP contribution in [0.25, 0.3) is 0 Å². The Labute approximate surface area is 274 Å². The fourth-order valence-electron chi connectivity index (χ4n) is 4.61. The van der Waals surface area contributed by atoms with E-state index in [-0.39, 0.29) is 25.0 Å². The highest BCUT2D eigenvalue weighted by atomic mass is 16.4. The number of carbonyl (C=O) groups is 6. The van der Waals surface area contributed by atoms with Crippen LogP contribution >= 0.6 is 0 Å². The Morgan fingerprint density at radius 3 is 1.72 bits per heavy atom. The number of phenols is 1. The summed E-state index contributed by atoms with van der Waals surface area (Å²) < 4.78 is 0. The van der Waals surface area contributed by atoms with Gasteiger partial charge in [0.2, 0.25) is 23.6 Å². The molecule has 0 bridgehead atoms. The SMILES string of the molecule is CC(C)[C@H](NC(=O)[C@H](CCC(=O)O)NC(=O)[C@H](CCCCN)NC(=O)[C@@H](N)CCCCN)C(=O)N[C@@H](Cc1ccc(O)cc1)C(=O)O. The highest BCUT2D eigenvalue weighted by Gasteiger charge is 2.33. The lowest BCUT2D eigenvalue weighted by molar-refractivity contribution is -0.142. The first kappa shape index (κ1) is 40.7. The van der Waals surface area contributed by atoms with Gasteiger partial charge in [-0.05, 0) is 75.2 Å². The van der Waals surface area contributed by atoms with Crippen molar-refractivity contribution in [3.05, 3.63) is 29.8 Å². The van der Waals surface area contributed by atoms with Crippen molar-refractivity contribution < 1.29 is 44.1 Å². The summed E-state index contributed by atoms with van der Waals surface area (Å²) >= 11 is 0. The van der Waals surface area contributed by atoms with Crippen LogP contribution in [0.4, 0.5) is 0 Å². The maximum Gasteiger partial charge on any atom is 0.326 e. The highest BCUT2D eigenvalue weighted by molar-refractivity contribution is 5.95. The second kappa shape index (κ2) is 21.5. The van der Waals surface area contributed by atoms with E-state index in [1.165, 1.54) is 24.3 Å². The summed E-state index contributed by atoms with van der Waals surface area (Å²) in [6.45, 7) is 4.02. The van der Waals surface area contributed by atoms with Gasteiger partial charge in [-0.15, -0.1) is 0 Å². The van der Waals surface area contributed by atoms with Crippen LogP contribution in [0, 0.1) is 5.92 Å². The van der Waals surface area contributed by atoms with Crippen molar-refractivity contribution in [2.75, 3.05) is 13.1 Å². The molecule has 1 rings (SSSR count). The van der Waals surface area contributed by atoms with Crippen molar-refractivity contribution in [1.82, 2.24) is 21.3 Å². The monoisotopic (exact) mass is 665 g/mol. The number of benzene rings is 1. The van der Waals surface area contributed by atoms with Crippen molar-refractivity contribution >= 4 is 35.6 Å². The molecule has 0 radical (unpaired) electrons. The number of rotatable bonds is 23. The molecule has 0 aromatic heterocycles. The molecule has 13 N–H and O–H groups in total. The highest BCUT2D eigenvalue weighted by Crippen LogP contribution is 2.13. The van der Waals surface area contributed by atoms with Gasteiger partial charge >= 0.3 is 11.9 Å². The molecule has 5 atom stereocenters. The number of carbonyl (C=O) groups excluding carboxylic acids is 4. The van der Waals surface area contributed by atoms with Gasteiger partial charge in [-0.3, -0.25) is 24.0 Å². The van der Waals surface area contributed by atoms with Gasteiger partial charge in [0.05, 0.1) is 6.04 Å². The Morgan fingerprint density at radius 1 is 0.681 bits per heavy atom.